The molecule has 3 rings (SSSR count). The molecule has 2 unspecified atom stereocenters. The quantitative estimate of drug-likeness (QED) is 0.328. The van der Waals surface area contributed by atoms with Crippen LogP contribution >= 0.6 is 0 Å². The number of benzene rings is 2. The number of carbonyl (C=O) groups is 2. The topological polar surface area (TPSA) is 77.5 Å². The van der Waals surface area contributed by atoms with Gasteiger partial charge in [-0.3, -0.25) is 9.59 Å². The molecule has 0 N–H and O–H groups in total. The van der Waals surface area contributed by atoms with Crippen molar-refractivity contribution in [3.8, 4) is 0 Å². The lowest BCUT2D eigenvalue weighted by Crippen LogP contribution is -2.40. The Balaban J connectivity index is 2.00. The third kappa shape index (κ3) is 5.27. The summed E-state index contributed by atoms with van der Waals surface area (Å²) in [7, 11) is -3.52. The number of hydrogen-bond donors (Lipinski definition) is 0. The summed E-state index contributed by atoms with van der Waals surface area (Å²) < 4.78 is 31.7. The first-order valence-electron chi connectivity index (χ1n) is 12.1. The van der Waals surface area contributed by atoms with Crippen LogP contribution in [0, 0.1) is 11.3 Å². The minimum absolute atomic E-state index is 0.136. The fourth-order valence-corrected chi connectivity index (χ4v) is 6.62. The Morgan fingerprint density at radius 1 is 0.941 bits per heavy atom. The lowest BCUT2D eigenvalue weighted by Gasteiger charge is -2.34. The van der Waals surface area contributed by atoms with Crippen molar-refractivity contribution in [2.75, 3.05) is 0 Å². The minimum Gasteiger partial charge on any atom is -0.450 e. The molecule has 0 spiro atoms. The Morgan fingerprint density at radius 3 is 2.12 bits per heavy atom. The summed E-state index contributed by atoms with van der Waals surface area (Å²) in [4.78, 5) is 27.2. The zero-order valence-corrected chi connectivity index (χ0v) is 21.7. The van der Waals surface area contributed by atoms with Crippen LogP contribution < -0.4 is 0 Å². The average Bonchev–Trinajstić information content (AvgIpc) is 2.98. The van der Waals surface area contributed by atoms with Crippen molar-refractivity contribution in [2.45, 2.75) is 82.5 Å². The summed E-state index contributed by atoms with van der Waals surface area (Å²) in [6.07, 6.45) is 2.54. The van der Waals surface area contributed by atoms with Gasteiger partial charge in [0, 0.05) is 5.92 Å². The Labute approximate surface area is 203 Å². The Kier molecular flexibility index (Phi) is 7.71. The lowest BCUT2D eigenvalue weighted by atomic mass is 9.66. The number of ether oxygens (including phenoxy) is 1. The Bertz CT molecular complexity index is 1120. The van der Waals surface area contributed by atoms with Crippen LogP contribution in [0.5, 0.6) is 0 Å². The highest BCUT2D eigenvalue weighted by molar-refractivity contribution is 7.90. The summed E-state index contributed by atoms with van der Waals surface area (Å²) in [6, 6.07) is 15.7. The highest BCUT2D eigenvalue weighted by Crippen LogP contribution is 2.48. The van der Waals surface area contributed by atoms with Crippen LogP contribution in [-0.2, 0) is 29.9 Å². The van der Waals surface area contributed by atoms with E-state index in [0.717, 1.165) is 18.4 Å². The molecule has 2 aromatic carbocycles. The fourth-order valence-electron chi connectivity index (χ4n) is 5.26. The molecule has 2 aromatic rings. The molecule has 1 fully saturated rings. The maximum Gasteiger partial charge on any atom is 0.318 e. The van der Waals surface area contributed by atoms with Gasteiger partial charge in [0.2, 0.25) is 0 Å². The minimum atomic E-state index is -3.52. The van der Waals surface area contributed by atoms with Gasteiger partial charge in [-0.1, -0.05) is 89.9 Å². The molecule has 1 saturated heterocycles. The van der Waals surface area contributed by atoms with Crippen molar-refractivity contribution in [2.24, 2.45) is 11.3 Å². The third-order valence-electron chi connectivity index (χ3n) is 6.62. The van der Waals surface area contributed by atoms with Crippen molar-refractivity contribution in [1.82, 2.24) is 0 Å². The van der Waals surface area contributed by atoms with Crippen molar-refractivity contribution < 1.29 is 22.7 Å². The fraction of sp³-hybridized carbons (Fsp3) is 0.500. The number of sulfone groups is 1. The van der Waals surface area contributed by atoms with Crippen LogP contribution in [0.2, 0.25) is 0 Å². The van der Waals surface area contributed by atoms with E-state index >= 15 is 0 Å². The van der Waals surface area contributed by atoms with Crippen LogP contribution in [0.4, 0.5) is 0 Å². The van der Waals surface area contributed by atoms with Crippen LogP contribution in [0.1, 0.15) is 77.3 Å². The molecule has 1 aliphatic heterocycles. The monoisotopic (exact) mass is 484 g/mol. The van der Waals surface area contributed by atoms with E-state index in [4.69, 9.17) is 4.74 Å². The van der Waals surface area contributed by atoms with Crippen molar-refractivity contribution in [1.29, 1.82) is 0 Å². The number of Topliss-reactive ketones (excluding diaryl/α,β-unsaturated/α-hetero) is 1. The van der Waals surface area contributed by atoms with Gasteiger partial charge in [-0.15, -0.1) is 0 Å². The number of rotatable bonds is 9. The molecule has 0 saturated carbocycles. The number of cyclic esters (lactones) is 1. The number of carbonyl (C=O) groups excluding carboxylic acids is 2. The predicted octanol–water partition coefficient (Wildman–Crippen LogP) is 5.87. The first-order chi connectivity index (χ1) is 15.9. The molecule has 34 heavy (non-hydrogen) atoms. The second-order valence-corrected chi connectivity index (χ2v) is 12.4. The third-order valence-corrected chi connectivity index (χ3v) is 8.33. The lowest BCUT2D eigenvalue weighted by molar-refractivity contribution is -0.154. The first-order valence-corrected chi connectivity index (χ1v) is 13.7. The molecule has 1 aliphatic rings. The largest absolute Gasteiger partial charge is 0.450 e. The van der Waals surface area contributed by atoms with Crippen molar-refractivity contribution in [3.63, 3.8) is 0 Å². The van der Waals surface area contributed by atoms with Gasteiger partial charge < -0.3 is 4.74 Å². The number of hydrogen-bond acceptors (Lipinski definition) is 5. The smallest absolute Gasteiger partial charge is 0.318 e. The van der Waals surface area contributed by atoms with Crippen LogP contribution in [0.25, 0.3) is 0 Å². The molecule has 1 heterocycles. The maximum absolute atomic E-state index is 13.7. The van der Waals surface area contributed by atoms with Gasteiger partial charge in [0.05, 0.1) is 10.6 Å². The van der Waals surface area contributed by atoms with Crippen molar-refractivity contribution in [3.05, 3.63) is 65.7 Å². The van der Waals surface area contributed by atoms with Crippen LogP contribution in [-0.4, -0.2) is 25.8 Å². The normalized spacial score (nSPS) is 19.1. The summed E-state index contributed by atoms with van der Waals surface area (Å²) in [6.45, 7) is 10.00. The van der Waals surface area contributed by atoms with Gasteiger partial charge >= 0.3 is 5.97 Å². The summed E-state index contributed by atoms with van der Waals surface area (Å²) in [5.41, 5.74) is -0.0662. The van der Waals surface area contributed by atoms with Gasteiger partial charge in [0.1, 0.15) is 5.92 Å². The molecule has 0 amide bonds. The Hall–Kier alpha value is -2.47. The Morgan fingerprint density at radius 2 is 1.56 bits per heavy atom. The zero-order chi connectivity index (χ0) is 25.1. The second kappa shape index (κ2) is 10.0. The molecular formula is C28H36O5S. The second-order valence-electron chi connectivity index (χ2n) is 10.4. The average molecular weight is 485 g/mol. The number of ketones is 1. The molecule has 6 heteroatoms. The first kappa shape index (κ1) is 26.1. The van der Waals surface area contributed by atoms with E-state index in [-0.39, 0.29) is 16.4 Å². The molecule has 0 radical (unpaired) electrons. The molecular weight excluding hydrogens is 448 g/mol. The van der Waals surface area contributed by atoms with E-state index < -0.39 is 38.7 Å². The zero-order valence-electron chi connectivity index (χ0n) is 20.8. The van der Waals surface area contributed by atoms with E-state index in [1.54, 1.807) is 42.5 Å². The molecule has 0 aromatic heterocycles. The molecule has 5 nitrogen and oxygen atoms in total. The van der Waals surface area contributed by atoms with E-state index in [1.807, 2.05) is 46.8 Å². The molecule has 0 aliphatic carbocycles. The van der Waals surface area contributed by atoms with E-state index in [9.17, 15) is 18.0 Å². The summed E-state index contributed by atoms with van der Waals surface area (Å²) >= 11 is 0. The van der Waals surface area contributed by atoms with Gasteiger partial charge in [0.15, 0.2) is 21.2 Å². The van der Waals surface area contributed by atoms with Crippen LogP contribution in [0.15, 0.2) is 59.5 Å². The van der Waals surface area contributed by atoms with Crippen molar-refractivity contribution >= 4 is 21.6 Å². The van der Waals surface area contributed by atoms with Gasteiger partial charge in [-0.05, 0) is 41.5 Å². The molecule has 2 atom stereocenters. The number of esters is 1. The standard InChI is InChI=1S/C28H36O5S/c1-6-16-28(17-7-2)25(29)23(26(30)33-28)24(27(3,4)5)21-13-11-12-20(18-21)19-34(31,32)22-14-9-8-10-15-22/h8-15,18,23-24H,6-7,16-17,19H2,1-5H3. The van der Waals surface area contributed by atoms with E-state index in [0.29, 0.717) is 18.4 Å². The maximum atomic E-state index is 13.7. The molecule has 0 bridgehead atoms. The van der Waals surface area contributed by atoms with E-state index in [1.165, 1.54) is 0 Å². The van der Waals surface area contributed by atoms with Gasteiger partial charge in [-0.25, -0.2) is 8.42 Å². The van der Waals surface area contributed by atoms with Crippen LogP contribution in [0.3, 0.4) is 0 Å². The SMILES string of the molecule is CCCC1(CCC)OC(=O)C(C(c2cccc(CS(=O)(=O)c3ccccc3)c2)C(C)(C)C)C1=O. The highest BCUT2D eigenvalue weighted by atomic mass is 32.2. The predicted molar refractivity (Wildman–Crippen MR) is 133 cm³/mol. The summed E-state index contributed by atoms with van der Waals surface area (Å²) in [5, 5.41) is 0. The van der Waals surface area contributed by atoms with E-state index in [2.05, 4.69) is 0 Å². The van der Waals surface area contributed by atoms with Gasteiger partial charge in [0.25, 0.3) is 0 Å². The molecule has 184 valence electrons. The summed E-state index contributed by atoms with van der Waals surface area (Å²) in [5.74, 6) is -2.08. The highest BCUT2D eigenvalue weighted by Gasteiger charge is 2.58. The van der Waals surface area contributed by atoms with Gasteiger partial charge in [-0.2, -0.15) is 0 Å².